The van der Waals surface area contributed by atoms with E-state index in [1.54, 1.807) is 24.8 Å². The van der Waals surface area contributed by atoms with Crippen molar-refractivity contribution in [3.63, 3.8) is 0 Å². The number of aryl methyl sites for hydroxylation is 1. The molecule has 0 aliphatic carbocycles. The number of nitrogens with zero attached hydrogens (tertiary/aromatic N) is 3. The van der Waals surface area contributed by atoms with Gasteiger partial charge in [-0.2, -0.15) is 0 Å². The maximum Gasteiger partial charge on any atom is 0.261 e. The number of H-pyrrole nitrogens is 2. The second kappa shape index (κ2) is 9.28. The minimum atomic E-state index is -0.293. The number of aliphatic hydroxyl groups excluding tert-OH is 1. The number of hydrogen-bond acceptors (Lipinski definition) is 5. The van der Waals surface area contributed by atoms with Crippen molar-refractivity contribution in [2.45, 2.75) is 19.4 Å². The predicted molar refractivity (Wildman–Crippen MR) is 136 cm³/mol. The Morgan fingerprint density at radius 1 is 1.24 bits per heavy atom. The Balaban J connectivity index is 1.53. The van der Waals surface area contributed by atoms with Gasteiger partial charge in [0, 0.05) is 28.8 Å². The van der Waals surface area contributed by atoms with Gasteiger partial charge in [-0.15, -0.1) is 0 Å². The summed E-state index contributed by atoms with van der Waals surface area (Å²) in [7, 11) is 0. The van der Waals surface area contributed by atoms with Crippen molar-refractivity contribution < 1.29 is 5.11 Å². The summed E-state index contributed by atoms with van der Waals surface area (Å²) >= 11 is 3.56. The van der Waals surface area contributed by atoms with Gasteiger partial charge in [-0.25, -0.2) is 9.97 Å². The van der Waals surface area contributed by atoms with Gasteiger partial charge in [-0.05, 0) is 48.7 Å². The number of nitrogens with one attached hydrogen (secondary N) is 3. The third-order valence-corrected chi connectivity index (χ3v) is 6.54. The summed E-state index contributed by atoms with van der Waals surface area (Å²) in [5.41, 5.74) is 5.33. The topological polar surface area (TPSA) is 112 Å². The molecule has 0 amide bonds. The number of rotatable bonds is 7. The molecule has 0 unspecified atom stereocenters. The van der Waals surface area contributed by atoms with Gasteiger partial charge in [0.25, 0.3) is 5.56 Å². The zero-order chi connectivity index (χ0) is 23.7. The van der Waals surface area contributed by atoms with Crippen LogP contribution in [0, 0.1) is 6.92 Å². The zero-order valence-corrected chi connectivity index (χ0v) is 20.0. The summed E-state index contributed by atoms with van der Waals surface area (Å²) in [5.74, 6) is 0.461. The van der Waals surface area contributed by atoms with Crippen molar-refractivity contribution in [1.82, 2.24) is 24.5 Å². The SMILES string of the molecule is Cc1cc(-n2ccnc2)cc2[nH]c(-c3c(N[C@@H](CO)Cc4ccccc4Br)cc[nH]c3=O)nc12. The van der Waals surface area contributed by atoms with Gasteiger partial charge in [0.15, 0.2) is 0 Å². The molecule has 3 heterocycles. The summed E-state index contributed by atoms with van der Waals surface area (Å²) in [6.07, 6.45) is 7.51. The molecule has 1 atom stereocenters. The van der Waals surface area contributed by atoms with Crippen LogP contribution in [-0.4, -0.2) is 42.3 Å². The predicted octanol–water partition coefficient (Wildman–Crippen LogP) is 4.19. The Bertz CT molecular complexity index is 1510. The lowest BCUT2D eigenvalue weighted by Gasteiger charge is -2.19. The summed E-state index contributed by atoms with van der Waals surface area (Å²) in [4.78, 5) is 27.8. The molecule has 172 valence electrons. The molecule has 0 aliphatic heterocycles. The molecule has 0 radical (unpaired) electrons. The fourth-order valence-corrected chi connectivity index (χ4v) is 4.54. The maximum atomic E-state index is 12.9. The first-order valence-electron chi connectivity index (χ1n) is 10.8. The Morgan fingerprint density at radius 2 is 2.09 bits per heavy atom. The number of aliphatic hydroxyl groups is 1. The fourth-order valence-electron chi connectivity index (χ4n) is 4.10. The molecule has 0 bridgehead atoms. The summed E-state index contributed by atoms with van der Waals surface area (Å²) < 4.78 is 2.89. The van der Waals surface area contributed by atoms with Crippen LogP contribution >= 0.6 is 15.9 Å². The minimum absolute atomic E-state index is 0.0962. The lowest BCUT2D eigenvalue weighted by molar-refractivity contribution is 0.273. The average molecular weight is 519 g/mol. The second-order valence-corrected chi connectivity index (χ2v) is 8.98. The Morgan fingerprint density at radius 3 is 2.85 bits per heavy atom. The number of fused-ring (bicyclic) bond motifs is 1. The van der Waals surface area contributed by atoms with Crippen molar-refractivity contribution in [2.24, 2.45) is 0 Å². The Kier molecular flexibility index (Phi) is 6.04. The number of aromatic nitrogens is 5. The molecule has 8 nitrogen and oxygen atoms in total. The highest BCUT2D eigenvalue weighted by atomic mass is 79.9. The standard InChI is InChI=1S/C25H23BrN6O2/c1-15-10-18(32-9-8-27-14-32)12-21-23(15)31-24(30-21)22-20(6-7-28-25(22)34)29-17(13-33)11-16-4-2-3-5-19(16)26/h2-10,12,14,17,33H,11,13H2,1H3,(H,30,31)(H2,28,29,34)/t17-/m1/s1. The van der Waals surface area contributed by atoms with E-state index in [4.69, 9.17) is 4.98 Å². The summed E-state index contributed by atoms with van der Waals surface area (Å²) in [6, 6.07) is 13.4. The molecule has 3 aromatic heterocycles. The number of imidazole rings is 2. The quantitative estimate of drug-likeness (QED) is 0.258. The van der Waals surface area contributed by atoms with Crippen LogP contribution < -0.4 is 10.9 Å². The molecule has 0 spiro atoms. The van der Waals surface area contributed by atoms with Gasteiger partial charge in [0.1, 0.15) is 11.4 Å². The first-order chi connectivity index (χ1) is 16.5. The lowest BCUT2D eigenvalue weighted by Crippen LogP contribution is -2.28. The van der Waals surface area contributed by atoms with Gasteiger partial charge in [-0.1, -0.05) is 34.1 Å². The van der Waals surface area contributed by atoms with Crippen LogP contribution in [0.2, 0.25) is 0 Å². The molecule has 5 aromatic rings. The van der Waals surface area contributed by atoms with E-state index >= 15 is 0 Å². The first kappa shape index (κ1) is 22.1. The van der Waals surface area contributed by atoms with Gasteiger partial charge < -0.3 is 25.0 Å². The summed E-state index contributed by atoms with van der Waals surface area (Å²) in [6.45, 7) is 1.89. The normalized spacial score (nSPS) is 12.2. The number of aromatic amines is 2. The largest absolute Gasteiger partial charge is 0.394 e. The van der Waals surface area contributed by atoms with Crippen molar-refractivity contribution in [3.8, 4) is 17.1 Å². The van der Waals surface area contributed by atoms with Gasteiger partial charge in [0.2, 0.25) is 0 Å². The van der Waals surface area contributed by atoms with E-state index in [1.807, 2.05) is 54.1 Å². The number of pyridine rings is 1. The first-order valence-corrected chi connectivity index (χ1v) is 11.6. The van der Waals surface area contributed by atoms with Crippen molar-refractivity contribution in [2.75, 3.05) is 11.9 Å². The van der Waals surface area contributed by atoms with Gasteiger partial charge in [0.05, 0.1) is 35.7 Å². The Hall–Kier alpha value is -3.69. The highest BCUT2D eigenvalue weighted by molar-refractivity contribution is 9.10. The molecule has 4 N–H and O–H groups in total. The van der Waals surface area contributed by atoms with Gasteiger partial charge in [-0.3, -0.25) is 4.79 Å². The van der Waals surface area contributed by atoms with Crippen LogP contribution in [0.3, 0.4) is 0 Å². The molecule has 9 heteroatoms. The Labute approximate surface area is 203 Å². The molecule has 0 aliphatic rings. The van der Waals surface area contributed by atoms with E-state index in [9.17, 15) is 9.90 Å². The fraction of sp³-hybridized carbons (Fsp3) is 0.160. The van der Waals surface area contributed by atoms with E-state index in [2.05, 4.69) is 36.2 Å². The van der Waals surface area contributed by atoms with Crippen LogP contribution in [-0.2, 0) is 6.42 Å². The van der Waals surface area contributed by atoms with Crippen LogP contribution in [0.1, 0.15) is 11.1 Å². The lowest BCUT2D eigenvalue weighted by atomic mass is 10.1. The average Bonchev–Trinajstić information content (AvgIpc) is 3.50. The van der Waals surface area contributed by atoms with E-state index < -0.39 is 0 Å². The van der Waals surface area contributed by atoms with Crippen LogP contribution in [0.15, 0.2) is 76.6 Å². The highest BCUT2D eigenvalue weighted by Gasteiger charge is 2.19. The van der Waals surface area contributed by atoms with E-state index in [-0.39, 0.29) is 18.2 Å². The number of hydrogen-bond donors (Lipinski definition) is 4. The zero-order valence-electron chi connectivity index (χ0n) is 18.4. The molecule has 0 saturated carbocycles. The molecule has 2 aromatic carbocycles. The van der Waals surface area contributed by atoms with E-state index in [0.29, 0.717) is 23.5 Å². The van der Waals surface area contributed by atoms with Gasteiger partial charge >= 0.3 is 0 Å². The van der Waals surface area contributed by atoms with Crippen molar-refractivity contribution >= 4 is 32.7 Å². The smallest absolute Gasteiger partial charge is 0.261 e. The van der Waals surface area contributed by atoms with Crippen molar-refractivity contribution in [3.05, 3.63) is 93.3 Å². The van der Waals surface area contributed by atoms with Crippen molar-refractivity contribution in [1.29, 1.82) is 0 Å². The van der Waals surface area contributed by atoms with E-state index in [1.165, 1.54) is 0 Å². The maximum absolute atomic E-state index is 12.9. The number of anilines is 1. The minimum Gasteiger partial charge on any atom is -0.394 e. The molecular formula is C25H23BrN6O2. The van der Waals surface area contributed by atoms with Crippen LogP contribution in [0.5, 0.6) is 0 Å². The number of halogens is 1. The number of benzene rings is 2. The molecule has 0 fully saturated rings. The molecular weight excluding hydrogens is 496 g/mol. The second-order valence-electron chi connectivity index (χ2n) is 8.13. The monoisotopic (exact) mass is 518 g/mol. The molecule has 34 heavy (non-hydrogen) atoms. The third kappa shape index (κ3) is 4.27. The highest BCUT2D eigenvalue weighted by Crippen LogP contribution is 2.28. The molecule has 5 rings (SSSR count). The summed E-state index contributed by atoms with van der Waals surface area (Å²) in [5, 5.41) is 13.4. The van der Waals surface area contributed by atoms with Crippen LogP contribution in [0.25, 0.3) is 28.1 Å². The third-order valence-electron chi connectivity index (χ3n) is 5.77. The molecule has 0 saturated heterocycles. The van der Waals surface area contributed by atoms with E-state index in [0.717, 1.165) is 32.3 Å². The van der Waals surface area contributed by atoms with Crippen LogP contribution in [0.4, 0.5) is 5.69 Å².